The number of anilines is 1. The highest BCUT2D eigenvalue weighted by Crippen LogP contribution is 2.23. The Hall–Kier alpha value is -2.54. The number of hydrogen-bond donors (Lipinski definition) is 1. The first-order valence-corrected chi connectivity index (χ1v) is 6.95. The monoisotopic (exact) mass is 303 g/mol. The summed E-state index contributed by atoms with van der Waals surface area (Å²) in [7, 11) is 1.74. The largest absolute Gasteiger partial charge is 0.365 e. The van der Waals surface area contributed by atoms with Gasteiger partial charge in [-0.15, -0.1) is 0 Å². The number of aryl methyl sites for hydroxylation is 1. The van der Waals surface area contributed by atoms with E-state index in [9.17, 15) is 14.9 Å². The van der Waals surface area contributed by atoms with Crippen LogP contribution in [0.4, 0.5) is 10.8 Å². The number of carbonyl (C=O) groups excluding carboxylic acids is 1. The molecule has 1 heterocycles. The van der Waals surface area contributed by atoms with Crippen LogP contribution in [0.5, 0.6) is 0 Å². The van der Waals surface area contributed by atoms with E-state index in [0.29, 0.717) is 21.3 Å². The Morgan fingerprint density at radius 2 is 2.24 bits per heavy atom. The number of hydrogen-bond acceptors (Lipinski definition) is 6. The van der Waals surface area contributed by atoms with Crippen molar-refractivity contribution in [3.8, 4) is 0 Å². The summed E-state index contributed by atoms with van der Waals surface area (Å²) in [6.07, 6.45) is 2.96. The van der Waals surface area contributed by atoms with Crippen LogP contribution < -0.4 is 5.32 Å². The maximum absolute atomic E-state index is 12.1. The van der Waals surface area contributed by atoms with Gasteiger partial charge in [-0.25, -0.2) is 4.98 Å². The van der Waals surface area contributed by atoms with Gasteiger partial charge in [0.2, 0.25) is 0 Å². The second kappa shape index (κ2) is 6.27. The molecule has 0 aliphatic heterocycles. The van der Waals surface area contributed by atoms with Crippen LogP contribution in [0.1, 0.15) is 20.9 Å². The van der Waals surface area contributed by atoms with Crippen molar-refractivity contribution >= 4 is 34.0 Å². The molecule has 0 unspecified atom stereocenters. The van der Waals surface area contributed by atoms with Crippen LogP contribution in [0.2, 0.25) is 0 Å². The van der Waals surface area contributed by atoms with Crippen LogP contribution in [0, 0.1) is 17.0 Å². The normalized spacial score (nSPS) is 10.8. The van der Waals surface area contributed by atoms with Crippen LogP contribution >= 0.6 is 11.3 Å². The molecule has 0 bridgehead atoms. The molecule has 0 spiro atoms. The Balaban J connectivity index is 2.20. The highest BCUT2D eigenvalue weighted by atomic mass is 32.1. The number of rotatable bonds is 5. The number of ketones is 1. The number of thiazole rings is 1. The molecule has 1 aromatic carbocycles. The van der Waals surface area contributed by atoms with Crippen LogP contribution in [-0.4, -0.2) is 22.7 Å². The van der Waals surface area contributed by atoms with E-state index in [-0.39, 0.29) is 11.5 Å². The smallest absolute Gasteiger partial charge is 0.270 e. The molecule has 6 nitrogen and oxygen atoms in total. The number of benzene rings is 1. The maximum Gasteiger partial charge on any atom is 0.270 e. The number of aromatic nitrogens is 1. The summed E-state index contributed by atoms with van der Waals surface area (Å²) < 4.78 is 0. The van der Waals surface area contributed by atoms with Crippen molar-refractivity contribution in [1.29, 1.82) is 0 Å². The van der Waals surface area contributed by atoms with E-state index < -0.39 is 4.92 Å². The fraction of sp³-hybridized carbons (Fsp3) is 0.143. The van der Waals surface area contributed by atoms with Gasteiger partial charge in [0.25, 0.3) is 5.69 Å². The summed E-state index contributed by atoms with van der Waals surface area (Å²) in [5, 5.41) is 14.3. The molecule has 0 fully saturated rings. The fourth-order valence-corrected chi connectivity index (χ4v) is 2.56. The molecule has 21 heavy (non-hydrogen) atoms. The number of nitro groups is 1. The molecule has 2 aromatic rings. The standard InChI is InChI=1S/C14H13N3O3S/c1-9-13(21-14(15-2)16-9)12(18)7-6-10-4-3-5-11(8-10)17(19)20/h3-8H,1-2H3,(H,15,16)/b7-6+. The van der Waals surface area contributed by atoms with Gasteiger partial charge >= 0.3 is 0 Å². The lowest BCUT2D eigenvalue weighted by molar-refractivity contribution is -0.384. The molecule has 0 amide bonds. The van der Waals surface area contributed by atoms with Crippen LogP contribution in [0.15, 0.2) is 30.3 Å². The molecule has 1 aromatic heterocycles. The van der Waals surface area contributed by atoms with E-state index >= 15 is 0 Å². The average Bonchev–Trinajstić information content (AvgIpc) is 2.86. The lowest BCUT2D eigenvalue weighted by atomic mass is 10.1. The van der Waals surface area contributed by atoms with Crippen LogP contribution in [-0.2, 0) is 0 Å². The number of nitrogens with zero attached hydrogens (tertiary/aromatic N) is 2. The van der Waals surface area contributed by atoms with Crippen LogP contribution in [0.25, 0.3) is 6.08 Å². The molecule has 2 rings (SSSR count). The zero-order chi connectivity index (χ0) is 15.4. The highest BCUT2D eigenvalue weighted by molar-refractivity contribution is 7.17. The van der Waals surface area contributed by atoms with E-state index in [4.69, 9.17) is 0 Å². The van der Waals surface area contributed by atoms with Crippen molar-refractivity contribution in [3.63, 3.8) is 0 Å². The Bertz CT molecular complexity index is 722. The number of nitro benzene ring substituents is 1. The van der Waals surface area contributed by atoms with E-state index in [1.807, 2.05) is 0 Å². The fourth-order valence-electron chi connectivity index (χ4n) is 1.72. The van der Waals surface area contributed by atoms with Gasteiger partial charge in [-0.1, -0.05) is 29.5 Å². The van der Waals surface area contributed by atoms with Crippen molar-refractivity contribution in [2.24, 2.45) is 0 Å². The summed E-state index contributed by atoms with van der Waals surface area (Å²) in [6.45, 7) is 1.77. The van der Waals surface area contributed by atoms with Crippen molar-refractivity contribution in [2.45, 2.75) is 6.92 Å². The topological polar surface area (TPSA) is 85.1 Å². The first-order valence-electron chi connectivity index (χ1n) is 6.13. The summed E-state index contributed by atoms with van der Waals surface area (Å²) in [4.78, 5) is 27.1. The molecule has 0 aliphatic carbocycles. The minimum atomic E-state index is -0.467. The third-order valence-corrected chi connectivity index (χ3v) is 3.93. The average molecular weight is 303 g/mol. The van der Waals surface area contributed by atoms with Gasteiger partial charge in [-0.3, -0.25) is 14.9 Å². The van der Waals surface area contributed by atoms with Crippen molar-refractivity contribution < 1.29 is 9.72 Å². The second-order valence-corrected chi connectivity index (χ2v) is 5.23. The highest BCUT2D eigenvalue weighted by Gasteiger charge is 2.12. The molecule has 0 radical (unpaired) electrons. The first kappa shape index (κ1) is 14.9. The van der Waals surface area contributed by atoms with Gasteiger partial charge in [-0.05, 0) is 18.6 Å². The third kappa shape index (κ3) is 3.51. The van der Waals surface area contributed by atoms with E-state index in [0.717, 1.165) is 0 Å². The Kier molecular flexibility index (Phi) is 4.44. The molecule has 1 N–H and O–H groups in total. The Morgan fingerprint density at radius 1 is 1.48 bits per heavy atom. The van der Waals surface area contributed by atoms with Gasteiger partial charge in [0.05, 0.1) is 15.5 Å². The van der Waals surface area contributed by atoms with Gasteiger partial charge in [-0.2, -0.15) is 0 Å². The molecule has 0 atom stereocenters. The lowest BCUT2D eigenvalue weighted by Crippen LogP contribution is -1.93. The zero-order valence-electron chi connectivity index (χ0n) is 11.5. The first-order chi connectivity index (χ1) is 10.0. The predicted octanol–water partition coefficient (Wildman–Crippen LogP) is 3.30. The Morgan fingerprint density at radius 3 is 2.86 bits per heavy atom. The van der Waals surface area contributed by atoms with E-state index in [2.05, 4.69) is 10.3 Å². The van der Waals surface area contributed by atoms with E-state index in [1.165, 1.54) is 29.5 Å². The summed E-state index contributed by atoms with van der Waals surface area (Å²) in [6, 6.07) is 6.11. The maximum atomic E-state index is 12.1. The summed E-state index contributed by atoms with van der Waals surface area (Å²) in [5.41, 5.74) is 1.27. The van der Waals surface area contributed by atoms with Crippen molar-refractivity contribution in [3.05, 3.63) is 56.6 Å². The molecule has 108 valence electrons. The van der Waals surface area contributed by atoms with Crippen molar-refractivity contribution in [2.75, 3.05) is 12.4 Å². The number of carbonyl (C=O) groups is 1. The zero-order valence-corrected chi connectivity index (χ0v) is 12.3. The van der Waals surface area contributed by atoms with Gasteiger partial charge in [0, 0.05) is 19.2 Å². The van der Waals surface area contributed by atoms with Crippen molar-refractivity contribution in [1.82, 2.24) is 4.98 Å². The molecular weight excluding hydrogens is 290 g/mol. The SMILES string of the molecule is CNc1nc(C)c(C(=O)/C=C/c2cccc([N+](=O)[O-])c2)s1. The van der Waals surface area contributed by atoms with E-state index in [1.54, 1.807) is 32.2 Å². The molecule has 0 saturated carbocycles. The molecular formula is C14H13N3O3S. The summed E-state index contributed by atoms with van der Waals surface area (Å²) >= 11 is 1.28. The minimum Gasteiger partial charge on any atom is -0.365 e. The molecule has 7 heteroatoms. The van der Waals surface area contributed by atoms with Gasteiger partial charge in [0.15, 0.2) is 10.9 Å². The molecule has 0 aliphatic rings. The van der Waals surface area contributed by atoms with Crippen LogP contribution in [0.3, 0.4) is 0 Å². The lowest BCUT2D eigenvalue weighted by Gasteiger charge is -1.94. The number of nitrogens with one attached hydrogen (secondary N) is 1. The minimum absolute atomic E-state index is 0.00367. The summed E-state index contributed by atoms with van der Waals surface area (Å²) in [5.74, 6) is -0.169. The van der Waals surface area contributed by atoms with Gasteiger partial charge < -0.3 is 5.32 Å². The predicted molar refractivity (Wildman–Crippen MR) is 82.9 cm³/mol. The number of non-ortho nitro benzene ring substituents is 1. The molecule has 0 saturated heterocycles. The second-order valence-electron chi connectivity index (χ2n) is 4.23. The third-order valence-electron chi connectivity index (χ3n) is 2.74. The quantitative estimate of drug-likeness (QED) is 0.396. The number of allylic oxidation sites excluding steroid dienone is 1. The Labute approximate surface area is 125 Å². The van der Waals surface area contributed by atoms with Gasteiger partial charge in [0.1, 0.15) is 0 Å².